The van der Waals surface area contributed by atoms with E-state index in [9.17, 15) is 18.5 Å². The Labute approximate surface area is 114 Å². The summed E-state index contributed by atoms with van der Waals surface area (Å²) in [6.07, 6.45) is 0. The summed E-state index contributed by atoms with van der Waals surface area (Å²) >= 11 is 0. The van der Waals surface area contributed by atoms with Gasteiger partial charge in [-0.15, -0.1) is 0 Å². The summed E-state index contributed by atoms with van der Waals surface area (Å²) in [5.74, 6) is 0.348. The monoisotopic (exact) mass is 297 g/mol. The summed E-state index contributed by atoms with van der Waals surface area (Å²) < 4.78 is 27.1. The van der Waals surface area contributed by atoms with E-state index in [-0.39, 0.29) is 17.3 Å². The van der Waals surface area contributed by atoms with Crippen LogP contribution >= 0.6 is 0 Å². The minimum atomic E-state index is -3.87. The number of primary sulfonamides is 1. The molecule has 0 amide bonds. The third kappa shape index (κ3) is 3.33. The van der Waals surface area contributed by atoms with Crippen LogP contribution < -0.4 is 10.5 Å². The molecule has 8 nitrogen and oxygen atoms in total. The van der Waals surface area contributed by atoms with Gasteiger partial charge in [-0.05, 0) is 18.2 Å². The first-order valence-electron chi connectivity index (χ1n) is 5.46. The van der Waals surface area contributed by atoms with Gasteiger partial charge in [0.1, 0.15) is 5.76 Å². The van der Waals surface area contributed by atoms with E-state index in [1.54, 1.807) is 12.1 Å². The Morgan fingerprint density at radius 2 is 2.05 bits per heavy atom. The molecule has 1 heterocycles. The number of nitrogens with zero attached hydrogens (tertiary/aromatic N) is 1. The molecule has 0 spiro atoms. The summed E-state index contributed by atoms with van der Waals surface area (Å²) in [7, 11) is -3.87. The molecule has 0 unspecified atom stereocenters. The Morgan fingerprint density at radius 3 is 2.65 bits per heavy atom. The number of nitrogens with one attached hydrogen (secondary N) is 1. The van der Waals surface area contributed by atoms with E-state index in [1.165, 1.54) is 24.3 Å². The second-order valence-electron chi connectivity index (χ2n) is 3.93. The van der Waals surface area contributed by atoms with Crippen LogP contribution in [0.15, 0.2) is 45.9 Å². The van der Waals surface area contributed by atoms with Gasteiger partial charge in [0.2, 0.25) is 5.09 Å². The Morgan fingerprint density at radius 1 is 1.30 bits per heavy atom. The van der Waals surface area contributed by atoms with Crippen molar-refractivity contribution in [3.63, 3.8) is 0 Å². The summed E-state index contributed by atoms with van der Waals surface area (Å²) in [4.78, 5) is 10.1. The molecule has 0 radical (unpaired) electrons. The number of benzene rings is 1. The highest BCUT2D eigenvalue weighted by atomic mass is 32.2. The van der Waals surface area contributed by atoms with Gasteiger partial charge in [0.25, 0.3) is 15.7 Å². The summed E-state index contributed by atoms with van der Waals surface area (Å²) in [5.41, 5.74) is 0.479. The fourth-order valence-electron chi connectivity index (χ4n) is 1.52. The van der Waals surface area contributed by atoms with Crippen molar-refractivity contribution in [1.29, 1.82) is 0 Å². The largest absolute Gasteiger partial charge is 0.446 e. The number of nitro benzene ring substituents is 1. The van der Waals surface area contributed by atoms with Crippen molar-refractivity contribution in [1.82, 2.24) is 0 Å². The Hall–Kier alpha value is -2.39. The molecule has 0 fully saturated rings. The Bertz CT molecular complexity index is 738. The van der Waals surface area contributed by atoms with E-state index in [2.05, 4.69) is 5.32 Å². The van der Waals surface area contributed by atoms with E-state index >= 15 is 0 Å². The first-order chi connectivity index (χ1) is 9.36. The highest BCUT2D eigenvalue weighted by molar-refractivity contribution is 7.89. The summed E-state index contributed by atoms with van der Waals surface area (Å²) in [5, 5.41) is 18.1. The highest BCUT2D eigenvalue weighted by Gasteiger charge is 2.13. The number of non-ortho nitro benzene ring substituents is 1. The fourth-order valence-corrected chi connectivity index (χ4v) is 2.01. The molecular weight excluding hydrogens is 286 g/mol. The van der Waals surface area contributed by atoms with Gasteiger partial charge in [-0.3, -0.25) is 10.1 Å². The molecule has 1 aromatic carbocycles. The average molecular weight is 297 g/mol. The van der Waals surface area contributed by atoms with Gasteiger partial charge in [-0.25, -0.2) is 13.6 Å². The minimum absolute atomic E-state index is 0.0420. The number of sulfonamides is 1. The van der Waals surface area contributed by atoms with Crippen LogP contribution in [0.25, 0.3) is 0 Å². The molecular formula is C11H11N3O5S. The number of nitrogens with two attached hydrogens (primary N) is 1. The van der Waals surface area contributed by atoms with E-state index in [0.717, 1.165) is 0 Å². The lowest BCUT2D eigenvalue weighted by Crippen LogP contribution is -2.10. The molecule has 0 saturated carbocycles. The van der Waals surface area contributed by atoms with Crippen molar-refractivity contribution in [2.24, 2.45) is 5.14 Å². The Kier molecular flexibility index (Phi) is 3.72. The number of anilines is 1. The van der Waals surface area contributed by atoms with E-state index in [0.29, 0.717) is 11.4 Å². The lowest BCUT2D eigenvalue weighted by atomic mass is 10.3. The molecule has 0 atom stereocenters. The molecule has 9 heteroatoms. The SMILES string of the molecule is NS(=O)(=O)c1ccc(CNc2cccc([N+](=O)[O-])c2)o1. The molecule has 0 aliphatic heterocycles. The molecule has 1 aromatic heterocycles. The minimum Gasteiger partial charge on any atom is -0.446 e. The van der Waals surface area contributed by atoms with Gasteiger partial charge in [0.15, 0.2) is 0 Å². The van der Waals surface area contributed by atoms with Crippen LogP contribution in [0.2, 0.25) is 0 Å². The smallest absolute Gasteiger partial charge is 0.271 e. The third-order valence-corrected chi connectivity index (χ3v) is 3.22. The highest BCUT2D eigenvalue weighted by Crippen LogP contribution is 2.19. The average Bonchev–Trinajstić information content (AvgIpc) is 2.85. The number of nitro groups is 1. The quantitative estimate of drug-likeness (QED) is 0.634. The van der Waals surface area contributed by atoms with E-state index in [4.69, 9.17) is 9.56 Å². The van der Waals surface area contributed by atoms with Crippen molar-refractivity contribution < 1.29 is 17.8 Å². The van der Waals surface area contributed by atoms with Gasteiger partial charge in [-0.2, -0.15) is 0 Å². The molecule has 0 aliphatic rings. The fraction of sp³-hybridized carbons (Fsp3) is 0.0909. The molecule has 0 saturated heterocycles. The van der Waals surface area contributed by atoms with E-state index < -0.39 is 14.9 Å². The van der Waals surface area contributed by atoms with Crippen molar-refractivity contribution >= 4 is 21.4 Å². The second kappa shape index (κ2) is 5.31. The van der Waals surface area contributed by atoms with Gasteiger partial charge in [0.05, 0.1) is 11.5 Å². The topological polar surface area (TPSA) is 128 Å². The van der Waals surface area contributed by atoms with Crippen LogP contribution in [0.4, 0.5) is 11.4 Å². The summed E-state index contributed by atoms with van der Waals surface area (Å²) in [6.45, 7) is 0.177. The first kappa shape index (κ1) is 14.0. The second-order valence-corrected chi connectivity index (χ2v) is 5.42. The van der Waals surface area contributed by atoms with E-state index in [1.807, 2.05) is 0 Å². The number of hydrogen-bond donors (Lipinski definition) is 2. The number of hydrogen-bond acceptors (Lipinski definition) is 6. The number of furan rings is 1. The van der Waals surface area contributed by atoms with Crippen LogP contribution in [-0.2, 0) is 16.6 Å². The Balaban J connectivity index is 2.07. The van der Waals surface area contributed by atoms with Crippen LogP contribution in [0, 0.1) is 10.1 Å². The molecule has 0 bridgehead atoms. The third-order valence-electron chi connectivity index (χ3n) is 2.44. The van der Waals surface area contributed by atoms with Crippen molar-refractivity contribution in [2.45, 2.75) is 11.6 Å². The van der Waals surface area contributed by atoms with Crippen molar-refractivity contribution in [2.75, 3.05) is 5.32 Å². The van der Waals surface area contributed by atoms with Crippen LogP contribution in [0.1, 0.15) is 5.76 Å². The molecule has 2 aromatic rings. The predicted octanol–water partition coefficient (Wildman–Crippen LogP) is 1.45. The van der Waals surface area contributed by atoms with Gasteiger partial charge in [-0.1, -0.05) is 6.07 Å². The predicted molar refractivity (Wildman–Crippen MR) is 70.5 cm³/mol. The lowest BCUT2D eigenvalue weighted by molar-refractivity contribution is -0.384. The standard InChI is InChI=1S/C11H11N3O5S/c12-20(17,18)11-5-4-10(19-11)7-13-8-2-1-3-9(6-8)14(15)16/h1-6,13H,7H2,(H2,12,17,18). The molecule has 2 rings (SSSR count). The zero-order chi connectivity index (χ0) is 14.8. The lowest BCUT2D eigenvalue weighted by Gasteiger charge is -2.03. The first-order valence-corrected chi connectivity index (χ1v) is 7.01. The maximum atomic E-state index is 11.0. The molecule has 106 valence electrons. The zero-order valence-electron chi connectivity index (χ0n) is 10.1. The van der Waals surface area contributed by atoms with Gasteiger partial charge in [0, 0.05) is 17.8 Å². The molecule has 3 N–H and O–H groups in total. The molecule has 0 aliphatic carbocycles. The normalized spacial score (nSPS) is 11.2. The van der Waals surface area contributed by atoms with Gasteiger partial charge >= 0.3 is 0 Å². The zero-order valence-corrected chi connectivity index (χ0v) is 11.0. The number of rotatable bonds is 5. The van der Waals surface area contributed by atoms with Crippen LogP contribution in [-0.4, -0.2) is 13.3 Å². The maximum absolute atomic E-state index is 11.0. The summed E-state index contributed by atoms with van der Waals surface area (Å²) in [6, 6.07) is 8.64. The van der Waals surface area contributed by atoms with Gasteiger partial charge < -0.3 is 9.73 Å². The van der Waals surface area contributed by atoms with Crippen molar-refractivity contribution in [3.05, 3.63) is 52.3 Å². The molecule has 20 heavy (non-hydrogen) atoms. The van der Waals surface area contributed by atoms with Crippen molar-refractivity contribution in [3.8, 4) is 0 Å². The van der Waals surface area contributed by atoms with Crippen LogP contribution in [0.5, 0.6) is 0 Å². The van der Waals surface area contributed by atoms with Crippen LogP contribution in [0.3, 0.4) is 0 Å². The maximum Gasteiger partial charge on any atom is 0.271 e.